The molecule has 0 saturated heterocycles. The minimum atomic E-state index is 0.698. The van der Waals surface area contributed by atoms with Crippen LogP contribution in [-0.2, 0) is 13.1 Å². The van der Waals surface area contributed by atoms with Gasteiger partial charge in [0.05, 0.1) is 5.69 Å². The standard InChI is InChI=1S/C12H23N3S/c1-11(2)9-13-10-12-5-7-15(14-12)6-4-8-16-3/h5,7,11,13H,4,6,8-10H2,1-3H3. The van der Waals surface area contributed by atoms with Crippen LogP contribution >= 0.6 is 11.8 Å². The number of aromatic nitrogens is 2. The normalized spacial score (nSPS) is 11.2. The maximum absolute atomic E-state index is 4.52. The lowest BCUT2D eigenvalue weighted by Crippen LogP contribution is -2.19. The van der Waals surface area contributed by atoms with Gasteiger partial charge in [0, 0.05) is 19.3 Å². The number of aryl methyl sites for hydroxylation is 1. The van der Waals surface area contributed by atoms with Crippen LogP contribution in [0.5, 0.6) is 0 Å². The molecule has 1 aromatic heterocycles. The molecule has 1 N–H and O–H groups in total. The minimum Gasteiger partial charge on any atom is -0.311 e. The van der Waals surface area contributed by atoms with Gasteiger partial charge in [-0.25, -0.2) is 0 Å². The van der Waals surface area contributed by atoms with Gasteiger partial charge >= 0.3 is 0 Å². The number of thioether (sulfide) groups is 1. The fraction of sp³-hybridized carbons (Fsp3) is 0.750. The van der Waals surface area contributed by atoms with Gasteiger partial charge in [-0.15, -0.1) is 0 Å². The van der Waals surface area contributed by atoms with E-state index in [1.165, 1.54) is 12.2 Å². The van der Waals surface area contributed by atoms with Crippen LogP contribution in [0.15, 0.2) is 12.3 Å². The van der Waals surface area contributed by atoms with Crippen LogP contribution in [-0.4, -0.2) is 28.3 Å². The van der Waals surface area contributed by atoms with Crippen LogP contribution in [0.25, 0.3) is 0 Å². The molecule has 16 heavy (non-hydrogen) atoms. The molecule has 0 radical (unpaired) electrons. The molecule has 0 amide bonds. The molecular weight excluding hydrogens is 218 g/mol. The Morgan fingerprint density at radius 1 is 1.50 bits per heavy atom. The maximum Gasteiger partial charge on any atom is 0.0762 e. The monoisotopic (exact) mass is 241 g/mol. The van der Waals surface area contributed by atoms with Crippen molar-refractivity contribution in [2.24, 2.45) is 5.92 Å². The van der Waals surface area contributed by atoms with Gasteiger partial charge in [-0.3, -0.25) is 4.68 Å². The van der Waals surface area contributed by atoms with Gasteiger partial charge in [-0.05, 0) is 37.0 Å². The highest BCUT2D eigenvalue weighted by molar-refractivity contribution is 7.98. The van der Waals surface area contributed by atoms with Crippen molar-refractivity contribution >= 4 is 11.8 Å². The van der Waals surface area contributed by atoms with Crippen LogP contribution < -0.4 is 5.32 Å². The van der Waals surface area contributed by atoms with Gasteiger partial charge in [0.2, 0.25) is 0 Å². The lowest BCUT2D eigenvalue weighted by Gasteiger charge is -2.05. The summed E-state index contributed by atoms with van der Waals surface area (Å²) in [6, 6.07) is 2.10. The van der Waals surface area contributed by atoms with Crippen molar-refractivity contribution in [3.8, 4) is 0 Å². The summed E-state index contributed by atoms with van der Waals surface area (Å²) in [6.07, 6.45) is 5.42. The fourth-order valence-electron chi connectivity index (χ4n) is 1.48. The Balaban J connectivity index is 2.22. The number of nitrogens with zero attached hydrogens (tertiary/aromatic N) is 2. The van der Waals surface area contributed by atoms with Crippen molar-refractivity contribution in [2.75, 3.05) is 18.6 Å². The highest BCUT2D eigenvalue weighted by Gasteiger charge is 1.99. The van der Waals surface area contributed by atoms with Crippen LogP contribution in [0.3, 0.4) is 0 Å². The first-order chi connectivity index (χ1) is 7.72. The molecule has 1 rings (SSSR count). The Morgan fingerprint density at radius 2 is 2.31 bits per heavy atom. The highest BCUT2D eigenvalue weighted by atomic mass is 32.2. The smallest absolute Gasteiger partial charge is 0.0762 e. The summed E-state index contributed by atoms with van der Waals surface area (Å²) >= 11 is 1.89. The van der Waals surface area contributed by atoms with Crippen LogP contribution in [0.2, 0.25) is 0 Å². The van der Waals surface area contributed by atoms with Gasteiger partial charge < -0.3 is 5.32 Å². The molecule has 0 aromatic carbocycles. The summed E-state index contributed by atoms with van der Waals surface area (Å²) in [5.41, 5.74) is 1.14. The van der Waals surface area contributed by atoms with Crippen LogP contribution in [0.4, 0.5) is 0 Å². The molecule has 0 unspecified atom stereocenters. The molecular formula is C12H23N3S. The molecule has 0 saturated carbocycles. The summed E-state index contributed by atoms with van der Waals surface area (Å²) in [4.78, 5) is 0. The molecule has 0 aliphatic heterocycles. The van der Waals surface area contributed by atoms with Gasteiger partial charge in [-0.2, -0.15) is 16.9 Å². The molecule has 0 aliphatic carbocycles. The van der Waals surface area contributed by atoms with Crippen molar-refractivity contribution in [3.05, 3.63) is 18.0 Å². The van der Waals surface area contributed by atoms with Gasteiger partial charge in [0.25, 0.3) is 0 Å². The Bertz CT molecular complexity index is 284. The second kappa shape index (κ2) is 7.74. The van der Waals surface area contributed by atoms with E-state index in [9.17, 15) is 0 Å². The first-order valence-corrected chi connectivity index (χ1v) is 7.33. The molecule has 1 heterocycles. The predicted octanol–water partition coefficient (Wildman–Crippen LogP) is 2.38. The molecule has 92 valence electrons. The second-order valence-electron chi connectivity index (χ2n) is 4.44. The summed E-state index contributed by atoms with van der Waals surface area (Å²) in [5.74, 6) is 1.91. The van der Waals surface area contributed by atoms with Crippen molar-refractivity contribution in [1.29, 1.82) is 0 Å². The molecule has 0 fully saturated rings. The zero-order valence-electron chi connectivity index (χ0n) is 10.6. The van der Waals surface area contributed by atoms with E-state index in [-0.39, 0.29) is 0 Å². The van der Waals surface area contributed by atoms with Gasteiger partial charge in [-0.1, -0.05) is 13.8 Å². The Hall–Kier alpha value is -0.480. The lowest BCUT2D eigenvalue weighted by molar-refractivity contribution is 0.538. The van der Waals surface area contributed by atoms with Crippen LogP contribution in [0.1, 0.15) is 26.0 Å². The Kier molecular flexibility index (Phi) is 6.57. The number of nitrogens with one attached hydrogen (secondary N) is 1. The van der Waals surface area contributed by atoms with E-state index in [2.05, 4.69) is 42.8 Å². The summed E-state index contributed by atoms with van der Waals surface area (Å²) < 4.78 is 2.04. The van der Waals surface area contributed by atoms with E-state index < -0.39 is 0 Å². The third-order valence-electron chi connectivity index (χ3n) is 2.29. The van der Waals surface area contributed by atoms with Gasteiger partial charge in [0.15, 0.2) is 0 Å². The van der Waals surface area contributed by atoms with Crippen molar-refractivity contribution in [1.82, 2.24) is 15.1 Å². The van der Waals surface area contributed by atoms with E-state index in [4.69, 9.17) is 0 Å². The number of hydrogen-bond donors (Lipinski definition) is 1. The van der Waals surface area contributed by atoms with Crippen LogP contribution in [0, 0.1) is 5.92 Å². The topological polar surface area (TPSA) is 29.9 Å². The molecule has 0 spiro atoms. The summed E-state index contributed by atoms with van der Waals surface area (Å²) in [5, 5.41) is 7.93. The second-order valence-corrected chi connectivity index (χ2v) is 5.43. The third kappa shape index (κ3) is 5.56. The first kappa shape index (κ1) is 13.6. The highest BCUT2D eigenvalue weighted by Crippen LogP contribution is 2.00. The Labute approximate surface area is 103 Å². The van der Waals surface area contributed by atoms with E-state index >= 15 is 0 Å². The van der Waals surface area contributed by atoms with Gasteiger partial charge in [0.1, 0.15) is 0 Å². The molecule has 4 heteroatoms. The maximum atomic E-state index is 4.52. The molecule has 0 bridgehead atoms. The van der Waals surface area contributed by atoms with Crippen molar-refractivity contribution in [3.63, 3.8) is 0 Å². The van der Waals surface area contributed by atoms with E-state index in [1.54, 1.807) is 0 Å². The predicted molar refractivity (Wildman–Crippen MR) is 71.8 cm³/mol. The average Bonchev–Trinajstić information content (AvgIpc) is 2.66. The molecule has 0 aliphatic rings. The molecule has 1 aromatic rings. The van der Waals surface area contributed by atoms with E-state index in [1.807, 2.05) is 16.4 Å². The first-order valence-electron chi connectivity index (χ1n) is 5.94. The Morgan fingerprint density at radius 3 is 3.00 bits per heavy atom. The van der Waals surface area contributed by atoms with E-state index in [0.717, 1.165) is 25.3 Å². The number of rotatable bonds is 8. The minimum absolute atomic E-state index is 0.698. The fourth-order valence-corrected chi connectivity index (χ4v) is 1.90. The quantitative estimate of drug-likeness (QED) is 0.709. The SMILES string of the molecule is CSCCCn1ccc(CNCC(C)C)n1. The van der Waals surface area contributed by atoms with E-state index in [0.29, 0.717) is 5.92 Å². The zero-order chi connectivity index (χ0) is 11.8. The lowest BCUT2D eigenvalue weighted by atomic mass is 10.2. The zero-order valence-corrected chi connectivity index (χ0v) is 11.4. The molecule has 0 atom stereocenters. The summed E-state index contributed by atoms with van der Waals surface area (Å²) in [6.45, 7) is 7.40. The number of hydrogen-bond acceptors (Lipinski definition) is 3. The molecule has 3 nitrogen and oxygen atoms in total. The third-order valence-corrected chi connectivity index (χ3v) is 2.99. The largest absolute Gasteiger partial charge is 0.311 e. The van der Waals surface area contributed by atoms with Crippen molar-refractivity contribution < 1.29 is 0 Å². The summed E-state index contributed by atoms with van der Waals surface area (Å²) in [7, 11) is 0. The van der Waals surface area contributed by atoms with Crippen molar-refractivity contribution in [2.45, 2.75) is 33.4 Å². The average molecular weight is 241 g/mol.